The van der Waals surface area contributed by atoms with Gasteiger partial charge < -0.3 is 14.8 Å². The molecular formula is C20H25Cl2NO2. The van der Waals surface area contributed by atoms with E-state index < -0.39 is 0 Å². The van der Waals surface area contributed by atoms with Gasteiger partial charge in [0.15, 0.2) is 11.5 Å². The Morgan fingerprint density at radius 1 is 1.04 bits per heavy atom. The molecule has 0 aliphatic carbocycles. The average molecular weight is 382 g/mol. The van der Waals surface area contributed by atoms with Gasteiger partial charge in [0.25, 0.3) is 0 Å². The molecule has 2 rings (SSSR count). The maximum atomic E-state index is 6.46. The third-order valence-corrected chi connectivity index (χ3v) is 4.62. The summed E-state index contributed by atoms with van der Waals surface area (Å²) in [5, 5.41) is 4.67. The van der Waals surface area contributed by atoms with Gasteiger partial charge in [-0.05, 0) is 44.0 Å². The van der Waals surface area contributed by atoms with Crippen molar-refractivity contribution < 1.29 is 9.47 Å². The van der Waals surface area contributed by atoms with E-state index in [0.29, 0.717) is 40.8 Å². The second kappa shape index (κ2) is 9.91. The molecule has 0 bridgehead atoms. The maximum absolute atomic E-state index is 6.46. The van der Waals surface area contributed by atoms with Crippen LogP contribution in [0, 0.1) is 0 Å². The fraction of sp³-hybridized carbons (Fsp3) is 0.400. The molecule has 3 nitrogen and oxygen atoms in total. The Balaban J connectivity index is 2.17. The Kier molecular flexibility index (Phi) is 7.89. The standard InChI is InChI=1S/C20H25Cl2NO2/c1-4-14(3)23-12-15-10-18(22)20(19(11-15)24-5-2)25-13-16-8-6-7-9-17(16)21/h6-11,14,23H,4-5,12-13H2,1-3H3. The topological polar surface area (TPSA) is 30.5 Å². The van der Waals surface area contributed by atoms with Crippen molar-refractivity contribution in [3.8, 4) is 11.5 Å². The second-order valence-electron chi connectivity index (χ2n) is 5.91. The minimum Gasteiger partial charge on any atom is -0.490 e. The lowest BCUT2D eigenvalue weighted by Gasteiger charge is -2.17. The van der Waals surface area contributed by atoms with Gasteiger partial charge in [-0.25, -0.2) is 0 Å². The molecule has 0 heterocycles. The van der Waals surface area contributed by atoms with Crippen molar-refractivity contribution in [3.63, 3.8) is 0 Å². The van der Waals surface area contributed by atoms with Gasteiger partial charge in [-0.1, -0.05) is 48.3 Å². The van der Waals surface area contributed by atoms with E-state index in [2.05, 4.69) is 19.2 Å². The summed E-state index contributed by atoms with van der Waals surface area (Å²) in [4.78, 5) is 0. The molecule has 136 valence electrons. The van der Waals surface area contributed by atoms with Crippen molar-refractivity contribution >= 4 is 23.2 Å². The quantitative estimate of drug-likeness (QED) is 0.589. The third kappa shape index (κ3) is 5.81. The van der Waals surface area contributed by atoms with E-state index in [0.717, 1.165) is 24.1 Å². The molecule has 0 amide bonds. The van der Waals surface area contributed by atoms with Crippen molar-refractivity contribution in [3.05, 3.63) is 57.6 Å². The first-order valence-electron chi connectivity index (χ1n) is 8.59. The Labute approximate surface area is 160 Å². The molecule has 0 spiro atoms. The molecule has 1 unspecified atom stereocenters. The summed E-state index contributed by atoms with van der Waals surface area (Å²) >= 11 is 12.6. The first-order valence-corrected chi connectivity index (χ1v) is 9.35. The number of hydrogen-bond donors (Lipinski definition) is 1. The Morgan fingerprint density at radius 3 is 2.48 bits per heavy atom. The van der Waals surface area contributed by atoms with E-state index in [1.807, 2.05) is 43.3 Å². The number of nitrogens with one attached hydrogen (secondary N) is 1. The van der Waals surface area contributed by atoms with E-state index in [9.17, 15) is 0 Å². The highest BCUT2D eigenvalue weighted by atomic mass is 35.5. The Morgan fingerprint density at radius 2 is 1.80 bits per heavy atom. The molecule has 2 aromatic rings. The number of halogens is 2. The van der Waals surface area contributed by atoms with Gasteiger partial charge in [0, 0.05) is 23.2 Å². The smallest absolute Gasteiger partial charge is 0.180 e. The Bertz CT molecular complexity index is 691. The van der Waals surface area contributed by atoms with E-state index >= 15 is 0 Å². The highest BCUT2D eigenvalue weighted by Gasteiger charge is 2.14. The zero-order valence-corrected chi connectivity index (χ0v) is 16.5. The molecule has 1 atom stereocenters. The van der Waals surface area contributed by atoms with Gasteiger partial charge in [-0.2, -0.15) is 0 Å². The molecule has 0 fully saturated rings. The van der Waals surface area contributed by atoms with Crippen molar-refractivity contribution in [1.29, 1.82) is 0 Å². The minimum absolute atomic E-state index is 0.337. The van der Waals surface area contributed by atoms with Crippen LogP contribution >= 0.6 is 23.2 Å². The van der Waals surface area contributed by atoms with Crippen LogP contribution < -0.4 is 14.8 Å². The van der Waals surface area contributed by atoms with Gasteiger partial charge in [0.1, 0.15) is 6.61 Å². The van der Waals surface area contributed by atoms with Crippen LogP contribution in [0.2, 0.25) is 10.0 Å². The van der Waals surface area contributed by atoms with Crippen LogP contribution in [-0.2, 0) is 13.2 Å². The number of rotatable bonds is 9. The lowest BCUT2D eigenvalue weighted by Crippen LogP contribution is -2.24. The van der Waals surface area contributed by atoms with Crippen molar-refractivity contribution in [2.45, 2.75) is 46.4 Å². The van der Waals surface area contributed by atoms with Crippen molar-refractivity contribution in [2.24, 2.45) is 0 Å². The van der Waals surface area contributed by atoms with Gasteiger partial charge in [-0.15, -0.1) is 0 Å². The van der Waals surface area contributed by atoms with Crippen LogP contribution in [0.3, 0.4) is 0 Å². The summed E-state index contributed by atoms with van der Waals surface area (Å²) in [6, 6.07) is 11.9. The fourth-order valence-electron chi connectivity index (χ4n) is 2.33. The second-order valence-corrected chi connectivity index (χ2v) is 6.72. The molecular weight excluding hydrogens is 357 g/mol. The highest BCUT2D eigenvalue weighted by Crippen LogP contribution is 2.37. The number of ether oxygens (including phenoxy) is 2. The van der Waals surface area contributed by atoms with Crippen LogP contribution in [0.5, 0.6) is 11.5 Å². The van der Waals surface area contributed by atoms with E-state index in [4.69, 9.17) is 32.7 Å². The molecule has 2 aromatic carbocycles. The zero-order valence-electron chi connectivity index (χ0n) is 14.9. The lowest BCUT2D eigenvalue weighted by molar-refractivity contribution is 0.269. The van der Waals surface area contributed by atoms with Crippen molar-refractivity contribution in [2.75, 3.05) is 6.61 Å². The van der Waals surface area contributed by atoms with Gasteiger partial charge >= 0.3 is 0 Å². The number of hydrogen-bond acceptors (Lipinski definition) is 3. The van der Waals surface area contributed by atoms with Gasteiger partial charge in [-0.3, -0.25) is 0 Å². The first-order chi connectivity index (χ1) is 12.0. The molecule has 1 N–H and O–H groups in total. The van der Waals surface area contributed by atoms with Crippen LogP contribution in [0.25, 0.3) is 0 Å². The molecule has 0 radical (unpaired) electrons. The molecule has 25 heavy (non-hydrogen) atoms. The highest BCUT2D eigenvalue weighted by molar-refractivity contribution is 6.32. The molecule has 0 aliphatic rings. The van der Waals surface area contributed by atoms with Gasteiger partial charge in [0.2, 0.25) is 0 Å². The third-order valence-electron chi connectivity index (χ3n) is 3.97. The summed E-state index contributed by atoms with van der Waals surface area (Å²) in [5.41, 5.74) is 1.98. The van der Waals surface area contributed by atoms with Crippen molar-refractivity contribution in [1.82, 2.24) is 5.32 Å². The fourth-order valence-corrected chi connectivity index (χ4v) is 2.81. The molecule has 0 aliphatic heterocycles. The molecule has 0 aromatic heterocycles. The summed E-state index contributed by atoms with van der Waals surface area (Å²) in [5.74, 6) is 1.21. The monoisotopic (exact) mass is 381 g/mol. The molecule has 0 saturated heterocycles. The summed E-state index contributed by atoms with van der Waals surface area (Å²) in [7, 11) is 0. The first kappa shape index (κ1) is 19.9. The zero-order chi connectivity index (χ0) is 18.2. The van der Waals surface area contributed by atoms with E-state index in [1.54, 1.807) is 0 Å². The van der Waals surface area contributed by atoms with Crippen LogP contribution in [0.1, 0.15) is 38.3 Å². The summed E-state index contributed by atoms with van der Waals surface area (Å²) < 4.78 is 11.7. The van der Waals surface area contributed by atoms with Crippen LogP contribution in [0.4, 0.5) is 0 Å². The lowest BCUT2D eigenvalue weighted by atomic mass is 10.1. The average Bonchev–Trinajstić information content (AvgIpc) is 2.60. The normalized spacial score (nSPS) is 12.0. The predicted octanol–water partition coefficient (Wildman–Crippen LogP) is 5.86. The summed E-state index contributed by atoms with van der Waals surface area (Å²) in [6.07, 6.45) is 1.07. The largest absolute Gasteiger partial charge is 0.490 e. The van der Waals surface area contributed by atoms with E-state index in [1.165, 1.54) is 0 Å². The SMILES string of the molecule is CCOc1cc(CNC(C)CC)cc(Cl)c1OCc1ccccc1Cl. The summed E-state index contributed by atoms with van der Waals surface area (Å²) in [6.45, 7) is 7.87. The van der Waals surface area contributed by atoms with Crippen LogP contribution in [0.15, 0.2) is 36.4 Å². The van der Waals surface area contributed by atoms with Gasteiger partial charge in [0.05, 0.1) is 11.6 Å². The van der Waals surface area contributed by atoms with Crippen LogP contribution in [-0.4, -0.2) is 12.6 Å². The van der Waals surface area contributed by atoms with E-state index in [-0.39, 0.29) is 0 Å². The Hall–Kier alpha value is -1.42. The maximum Gasteiger partial charge on any atom is 0.180 e. The predicted molar refractivity (Wildman–Crippen MR) is 105 cm³/mol. The molecule has 5 heteroatoms. The number of benzene rings is 2. The minimum atomic E-state index is 0.337. The molecule has 0 saturated carbocycles.